The van der Waals surface area contributed by atoms with Gasteiger partial charge >= 0.3 is 0 Å². The topological polar surface area (TPSA) is 58.2 Å². The lowest BCUT2D eigenvalue weighted by molar-refractivity contribution is -0.124. The zero-order valence-corrected chi connectivity index (χ0v) is 15.3. The van der Waals surface area contributed by atoms with Crippen molar-refractivity contribution < 1.29 is 14.0 Å². The smallest absolute Gasteiger partial charge is 0.251 e. The monoisotopic (exact) mass is 358 g/mol. The van der Waals surface area contributed by atoms with Crippen LogP contribution in [0.3, 0.4) is 0 Å². The quantitative estimate of drug-likeness (QED) is 0.849. The van der Waals surface area contributed by atoms with Crippen molar-refractivity contribution in [3.05, 3.63) is 35.6 Å². The van der Waals surface area contributed by atoms with Gasteiger partial charge in [-0.25, -0.2) is 4.39 Å². The summed E-state index contributed by atoms with van der Waals surface area (Å²) >= 11 is 0. The fraction of sp³-hybridized carbons (Fsp3) is 0.619. The van der Waals surface area contributed by atoms with Gasteiger partial charge in [0.1, 0.15) is 5.82 Å². The first-order chi connectivity index (χ1) is 12.4. The van der Waals surface area contributed by atoms with E-state index in [1.165, 1.54) is 62.8 Å². The van der Waals surface area contributed by atoms with Crippen LogP contribution in [0.25, 0.3) is 0 Å². The molecular formula is C21H27FN2O2. The van der Waals surface area contributed by atoms with Gasteiger partial charge in [-0.3, -0.25) is 9.59 Å². The average molecular weight is 358 g/mol. The van der Waals surface area contributed by atoms with E-state index in [1.807, 2.05) is 0 Å². The first kappa shape index (κ1) is 17.5. The molecule has 4 saturated carbocycles. The van der Waals surface area contributed by atoms with Crippen molar-refractivity contribution in [3.8, 4) is 0 Å². The fourth-order valence-electron chi connectivity index (χ4n) is 6.05. The van der Waals surface area contributed by atoms with E-state index in [0.29, 0.717) is 0 Å². The average Bonchev–Trinajstić information content (AvgIpc) is 2.58. The van der Waals surface area contributed by atoms with Gasteiger partial charge in [0, 0.05) is 11.6 Å². The van der Waals surface area contributed by atoms with Crippen molar-refractivity contribution in [3.63, 3.8) is 0 Å². The number of carbonyl (C=O) groups excluding carboxylic acids is 2. The van der Waals surface area contributed by atoms with Gasteiger partial charge < -0.3 is 10.6 Å². The van der Waals surface area contributed by atoms with Crippen LogP contribution in [-0.2, 0) is 4.79 Å². The molecule has 0 aliphatic heterocycles. The summed E-state index contributed by atoms with van der Waals surface area (Å²) in [6.07, 6.45) is 7.83. The minimum Gasteiger partial charge on any atom is -0.352 e. The van der Waals surface area contributed by atoms with Crippen LogP contribution in [0.15, 0.2) is 24.3 Å². The number of hydrogen-bond donors (Lipinski definition) is 2. The van der Waals surface area contributed by atoms with Crippen LogP contribution in [0.2, 0.25) is 0 Å². The van der Waals surface area contributed by atoms with Crippen molar-refractivity contribution in [2.75, 3.05) is 6.54 Å². The highest BCUT2D eigenvalue weighted by atomic mass is 19.1. The van der Waals surface area contributed by atoms with Gasteiger partial charge in [-0.2, -0.15) is 0 Å². The maximum Gasteiger partial charge on any atom is 0.251 e. The number of amides is 2. The Hall–Kier alpha value is -1.91. The van der Waals surface area contributed by atoms with Crippen LogP contribution in [0.5, 0.6) is 0 Å². The molecule has 4 aliphatic carbocycles. The summed E-state index contributed by atoms with van der Waals surface area (Å²) in [6.45, 7) is 2.05. The fourth-order valence-corrected chi connectivity index (χ4v) is 6.05. The van der Waals surface area contributed by atoms with Crippen LogP contribution in [0, 0.1) is 29.0 Å². The molecule has 0 spiro atoms. The Bertz CT molecular complexity index is 682. The number of nitrogens with one attached hydrogen (secondary N) is 2. The molecule has 5 heteroatoms. The van der Waals surface area contributed by atoms with Gasteiger partial charge in [-0.15, -0.1) is 0 Å². The third-order valence-corrected chi connectivity index (χ3v) is 6.88. The largest absolute Gasteiger partial charge is 0.352 e. The molecule has 0 aromatic heterocycles. The minimum atomic E-state index is -0.461. The Balaban J connectivity index is 1.31. The second-order valence-electron chi connectivity index (χ2n) is 8.76. The van der Waals surface area contributed by atoms with Crippen LogP contribution in [-0.4, -0.2) is 24.4 Å². The van der Waals surface area contributed by atoms with Gasteiger partial charge in [0.25, 0.3) is 5.91 Å². The number of hydrogen-bond acceptors (Lipinski definition) is 2. The van der Waals surface area contributed by atoms with Crippen LogP contribution in [0.1, 0.15) is 55.8 Å². The molecule has 26 heavy (non-hydrogen) atoms. The first-order valence-corrected chi connectivity index (χ1v) is 9.77. The molecule has 4 nitrogen and oxygen atoms in total. The summed E-state index contributed by atoms with van der Waals surface area (Å²) in [7, 11) is 0. The van der Waals surface area contributed by atoms with Gasteiger partial charge in [0.2, 0.25) is 5.91 Å². The highest BCUT2D eigenvalue weighted by Crippen LogP contribution is 2.61. The van der Waals surface area contributed by atoms with Crippen molar-refractivity contribution in [2.45, 2.75) is 51.5 Å². The van der Waals surface area contributed by atoms with Crippen LogP contribution in [0.4, 0.5) is 4.39 Å². The van der Waals surface area contributed by atoms with Gasteiger partial charge in [0.15, 0.2) is 0 Å². The summed E-state index contributed by atoms with van der Waals surface area (Å²) in [5.74, 6) is 1.47. The van der Waals surface area contributed by atoms with E-state index in [9.17, 15) is 14.0 Å². The summed E-state index contributed by atoms with van der Waals surface area (Å²) in [6, 6.07) is 5.62. The molecule has 1 aromatic carbocycles. The Kier molecular flexibility index (Phi) is 4.49. The zero-order chi connectivity index (χ0) is 18.3. The van der Waals surface area contributed by atoms with Crippen molar-refractivity contribution >= 4 is 11.8 Å². The molecule has 0 heterocycles. The SMILES string of the molecule is C[C@@H](NC(=O)CNC(=O)c1cccc(F)c1)C12CC3CC(CC(C3)C1)C2. The van der Waals surface area contributed by atoms with E-state index in [0.717, 1.165) is 17.8 Å². The van der Waals surface area contributed by atoms with Crippen molar-refractivity contribution in [1.29, 1.82) is 0 Å². The van der Waals surface area contributed by atoms with E-state index in [-0.39, 0.29) is 29.5 Å². The molecule has 4 fully saturated rings. The molecular weight excluding hydrogens is 331 g/mol. The van der Waals surface area contributed by atoms with Crippen molar-refractivity contribution in [2.24, 2.45) is 23.2 Å². The summed E-state index contributed by atoms with van der Waals surface area (Å²) in [5, 5.41) is 5.71. The Morgan fingerprint density at radius 3 is 2.35 bits per heavy atom. The number of benzene rings is 1. The zero-order valence-electron chi connectivity index (χ0n) is 15.3. The third-order valence-electron chi connectivity index (χ3n) is 6.88. The van der Waals surface area contributed by atoms with E-state index in [1.54, 1.807) is 0 Å². The predicted molar refractivity (Wildman–Crippen MR) is 96.9 cm³/mol. The molecule has 4 bridgehead atoms. The molecule has 4 aliphatic rings. The van der Waals surface area contributed by atoms with E-state index >= 15 is 0 Å². The normalized spacial score (nSPS) is 32.9. The van der Waals surface area contributed by atoms with Gasteiger partial charge in [-0.05, 0) is 86.8 Å². The van der Waals surface area contributed by atoms with E-state index < -0.39 is 11.7 Å². The molecule has 2 amide bonds. The van der Waals surface area contributed by atoms with Gasteiger partial charge in [-0.1, -0.05) is 6.07 Å². The second-order valence-corrected chi connectivity index (χ2v) is 8.76. The molecule has 1 atom stereocenters. The Labute approximate surface area is 153 Å². The third kappa shape index (κ3) is 3.36. The maximum absolute atomic E-state index is 13.2. The van der Waals surface area contributed by atoms with Crippen molar-refractivity contribution in [1.82, 2.24) is 10.6 Å². The number of rotatable bonds is 5. The lowest BCUT2D eigenvalue weighted by Crippen LogP contribution is -2.56. The Morgan fingerprint density at radius 2 is 1.77 bits per heavy atom. The lowest BCUT2D eigenvalue weighted by Gasteiger charge is -2.59. The molecule has 2 N–H and O–H groups in total. The maximum atomic E-state index is 13.2. The molecule has 0 unspecified atom stereocenters. The molecule has 0 radical (unpaired) electrons. The predicted octanol–water partition coefficient (Wildman–Crippen LogP) is 3.28. The summed E-state index contributed by atoms with van der Waals surface area (Å²) < 4.78 is 13.2. The van der Waals surface area contributed by atoms with Gasteiger partial charge in [0.05, 0.1) is 6.54 Å². The molecule has 5 rings (SSSR count). The highest BCUT2D eigenvalue weighted by molar-refractivity contribution is 5.96. The summed E-state index contributed by atoms with van der Waals surface area (Å²) in [5.41, 5.74) is 0.476. The standard InChI is InChI=1S/C21H27FN2O2/c1-13(21-9-14-5-15(10-21)7-16(6-14)11-21)24-19(25)12-23-20(26)17-3-2-4-18(22)8-17/h2-4,8,13-16H,5-7,9-12H2,1H3,(H,23,26)(H,24,25)/t13-,14?,15?,16?,21?/m1/s1. The molecule has 1 aromatic rings. The van der Waals surface area contributed by atoms with Crippen LogP contribution < -0.4 is 10.6 Å². The second kappa shape index (κ2) is 6.67. The van der Waals surface area contributed by atoms with E-state index in [4.69, 9.17) is 0 Å². The van der Waals surface area contributed by atoms with Crippen LogP contribution >= 0.6 is 0 Å². The first-order valence-electron chi connectivity index (χ1n) is 9.77. The molecule has 140 valence electrons. The lowest BCUT2D eigenvalue weighted by atomic mass is 9.48. The number of carbonyl (C=O) groups is 2. The Morgan fingerprint density at radius 1 is 1.15 bits per heavy atom. The number of halogens is 1. The molecule has 0 saturated heterocycles. The van der Waals surface area contributed by atoms with E-state index in [2.05, 4.69) is 17.6 Å². The highest BCUT2D eigenvalue weighted by Gasteiger charge is 2.53. The summed E-state index contributed by atoms with van der Waals surface area (Å²) in [4.78, 5) is 24.4. The minimum absolute atomic E-state index is 0.0773.